The summed E-state index contributed by atoms with van der Waals surface area (Å²) >= 11 is 1.21. The lowest BCUT2D eigenvalue weighted by molar-refractivity contribution is -0.113. The van der Waals surface area contributed by atoms with Crippen LogP contribution < -0.4 is 19.5 Å². The zero-order valence-corrected chi connectivity index (χ0v) is 22.2. The molecule has 1 aromatic heterocycles. The van der Waals surface area contributed by atoms with Crippen LogP contribution in [0, 0.1) is 11.3 Å². The van der Waals surface area contributed by atoms with E-state index in [1.54, 1.807) is 25.3 Å². The Morgan fingerprint density at radius 2 is 1.68 bits per heavy atom. The number of carbonyl (C=O) groups is 1. The molecule has 8 heteroatoms. The Kier molecular flexibility index (Phi) is 8.85. The van der Waals surface area contributed by atoms with Gasteiger partial charge in [-0.25, -0.2) is 4.98 Å². The van der Waals surface area contributed by atoms with Gasteiger partial charge in [0.15, 0.2) is 0 Å². The summed E-state index contributed by atoms with van der Waals surface area (Å²) in [5.74, 6) is 1.68. The number of hydrogen-bond acceptors (Lipinski definition) is 7. The number of ether oxygens (including phenoxy) is 3. The normalized spacial score (nSPS) is 10.4. The van der Waals surface area contributed by atoms with E-state index >= 15 is 0 Å². The molecule has 0 fully saturated rings. The third-order valence-corrected chi connectivity index (χ3v) is 6.64. The summed E-state index contributed by atoms with van der Waals surface area (Å²) in [7, 11) is 3.09. The minimum absolute atomic E-state index is 0.0534. The van der Waals surface area contributed by atoms with Crippen LogP contribution in [0.3, 0.4) is 0 Å². The molecule has 1 N–H and O–H groups in total. The number of nitrogens with one attached hydrogen (secondary N) is 1. The highest BCUT2D eigenvalue weighted by Crippen LogP contribution is 2.35. The lowest BCUT2D eigenvalue weighted by atomic mass is 9.99. The van der Waals surface area contributed by atoms with Crippen molar-refractivity contribution in [1.29, 1.82) is 5.26 Å². The van der Waals surface area contributed by atoms with Gasteiger partial charge < -0.3 is 19.5 Å². The largest absolute Gasteiger partial charge is 0.497 e. The van der Waals surface area contributed by atoms with E-state index in [9.17, 15) is 10.1 Å². The fourth-order valence-corrected chi connectivity index (χ4v) is 4.64. The first-order valence-corrected chi connectivity index (χ1v) is 12.9. The third kappa shape index (κ3) is 6.25. The van der Waals surface area contributed by atoms with E-state index in [1.165, 1.54) is 18.9 Å². The van der Waals surface area contributed by atoms with Gasteiger partial charge in [-0.05, 0) is 55.0 Å². The van der Waals surface area contributed by atoms with Crippen molar-refractivity contribution in [3.63, 3.8) is 0 Å². The van der Waals surface area contributed by atoms with Gasteiger partial charge in [-0.3, -0.25) is 4.79 Å². The molecule has 0 aliphatic rings. The Morgan fingerprint density at radius 1 is 0.947 bits per heavy atom. The first kappa shape index (κ1) is 26.6. The van der Waals surface area contributed by atoms with Gasteiger partial charge >= 0.3 is 0 Å². The number of thioether (sulfide) groups is 1. The average Bonchev–Trinajstić information content (AvgIpc) is 2.96. The maximum Gasteiger partial charge on any atom is 0.234 e. The van der Waals surface area contributed by atoms with Crippen molar-refractivity contribution in [3.8, 4) is 45.7 Å². The highest BCUT2D eigenvalue weighted by atomic mass is 32.2. The standard InChI is InChI=1S/C30H27N3O4S/c1-4-37-22-12-10-21(11-13-22)27-17-24(20-8-6-5-7-9-20)25(18-31)30(33-27)38-19-29(34)32-26-15-14-23(35-2)16-28(26)36-3/h5-17H,4,19H2,1-3H3,(H,32,34). The van der Waals surface area contributed by atoms with Crippen molar-refractivity contribution in [2.75, 3.05) is 31.9 Å². The number of amides is 1. The molecule has 0 bridgehead atoms. The number of methoxy groups -OCH3 is 2. The Morgan fingerprint density at radius 3 is 2.34 bits per heavy atom. The van der Waals surface area contributed by atoms with Crippen LogP contribution in [0.5, 0.6) is 17.2 Å². The Bertz CT molecular complexity index is 1450. The summed E-state index contributed by atoms with van der Waals surface area (Å²) in [6, 6.07) is 26.7. The summed E-state index contributed by atoms with van der Waals surface area (Å²) in [6.07, 6.45) is 0. The van der Waals surface area contributed by atoms with Crippen LogP contribution in [0.15, 0.2) is 83.9 Å². The Labute approximate surface area is 226 Å². The second kappa shape index (κ2) is 12.7. The van der Waals surface area contributed by atoms with Crippen molar-refractivity contribution >= 4 is 23.4 Å². The van der Waals surface area contributed by atoms with Gasteiger partial charge in [0.1, 0.15) is 28.3 Å². The summed E-state index contributed by atoms with van der Waals surface area (Å²) in [4.78, 5) is 17.7. The lowest BCUT2D eigenvalue weighted by Crippen LogP contribution is -2.15. The second-order valence-corrected chi connectivity index (χ2v) is 9.04. The number of aromatic nitrogens is 1. The van der Waals surface area contributed by atoms with E-state index in [-0.39, 0.29) is 11.7 Å². The molecule has 1 heterocycles. The van der Waals surface area contributed by atoms with Crippen molar-refractivity contribution in [2.45, 2.75) is 11.9 Å². The van der Waals surface area contributed by atoms with Crippen LogP contribution in [-0.4, -0.2) is 37.5 Å². The number of nitrogens with zero attached hydrogens (tertiary/aromatic N) is 2. The van der Waals surface area contributed by atoms with Crippen molar-refractivity contribution in [2.24, 2.45) is 0 Å². The molecule has 7 nitrogen and oxygen atoms in total. The van der Waals surface area contributed by atoms with Gasteiger partial charge in [-0.2, -0.15) is 5.26 Å². The van der Waals surface area contributed by atoms with Crippen molar-refractivity contribution < 1.29 is 19.0 Å². The highest BCUT2D eigenvalue weighted by molar-refractivity contribution is 8.00. The zero-order chi connectivity index (χ0) is 26.9. The van der Waals surface area contributed by atoms with Gasteiger partial charge in [-0.15, -0.1) is 0 Å². The SMILES string of the molecule is CCOc1ccc(-c2cc(-c3ccccc3)c(C#N)c(SCC(=O)Nc3ccc(OC)cc3OC)n2)cc1. The van der Waals surface area contributed by atoms with Gasteiger partial charge in [0.2, 0.25) is 5.91 Å². The number of anilines is 1. The monoisotopic (exact) mass is 525 g/mol. The molecule has 192 valence electrons. The molecule has 3 aromatic carbocycles. The van der Waals surface area contributed by atoms with E-state index in [0.717, 1.165) is 22.4 Å². The van der Waals surface area contributed by atoms with E-state index in [0.29, 0.717) is 40.1 Å². The minimum atomic E-state index is -0.253. The van der Waals surface area contributed by atoms with Gasteiger partial charge in [0.25, 0.3) is 0 Å². The number of rotatable bonds is 10. The van der Waals surface area contributed by atoms with Crippen molar-refractivity contribution in [3.05, 3.63) is 84.4 Å². The summed E-state index contributed by atoms with van der Waals surface area (Å²) in [5.41, 5.74) is 4.18. The fraction of sp³-hybridized carbons (Fsp3) is 0.167. The Hall–Kier alpha value is -4.48. The van der Waals surface area contributed by atoms with E-state index in [2.05, 4.69) is 11.4 Å². The molecule has 4 rings (SSSR count). The fourth-order valence-electron chi connectivity index (χ4n) is 3.84. The maximum absolute atomic E-state index is 12.9. The van der Waals surface area contributed by atoms with Crippen LogP contribution in [-0.2, 0) is 4.79 Å². The third-order valence-electron chi connectivity index (χ3n) is 5.67. The lowest BCUT2D eigenvalue weighted by Gasteiger charge is -2.14. The molecule has 0 atom stereocenters. The quantitative estimate of drug-likeness (QED) is 0.238. The van der Waals surface area contributed by atoms with Gasteiger partial charge in [0, 0.05) is 17.2 Å². The molecule has 0 saturated carbocycles. The van der Waals surface area contributed by atoms with Gasteiger partial charge in [0.05, 0.1) is 43.5 Å². The van der Waals surface area contributed by atoms with Crippen LogP contribution in [0.25, 0.3) is 22.4 Å². The molecule has 0 saturated heterocycles. The van der Waals surface area contributed by atoms with E-state index < -0.39 is 0 Å². The molecule has 38 heavy (non-hydrogen) atoms. The number of carbonyl (C=O) groups excluding carboxylic acids is 1. The van der Waals surface area contributed by atoms with E-state index in [1.807, 2.05) is 67.6 Å². The molecular weight excluding hydrogens is 498 g/mol. The van der Waals surface area contributed by atoms with Crippen LogP contribution in [0.4, 0.5) is 5.69 Å². The van der Waals surface area contributed by atoms with Crippen LogP contribution in [0.2, 0.25) is 0 Å². The minimum Gasteiger partial charge on any atom is -0.497 e. The molecule has 0 unspecified atom stereocenters. The molecular formula is C30H27N3O4S. The summed E-state index contributed by atoms with van der Waals surface area (Å²) in [5, 5.41) is 13.4. The molecule has 0 spiro atoms. The number of hydrogen-bond donors (Lipinski definition) is 1. The predicted molar refractivity (Wildman–Crippen MR) is 150 cm³/mol. The summed E-state index contributed by atoms with van der Waals surface area (Å²) < 4.78 is 16.2. The molecule has 0 radical (unpaired) electrons. The van der Waals surface area contributed by atoms with E-state index in [4.69, 9.17) is 19.2 Å². The summed E-state index contributed by atoms with van der Waals surface area (Å²) in [6.45, 7) is 2.52. The first-order valence-electron chi connectivity index (χ1n) is 11.9. The van der Waals surface area contributed by atoms with Crippen molar-refractivity contribution in [1.82, 2.24) is 4.98 Å². The highest BCUT2D eigenvalue weighted by Gasteiger charge is 2.18. The average molecular weight is 526 g/mol. The maximum atomic E-state index is 12.9. The Balaban J connectivity index is 1.65. The number of pyridine rings is 1. The molecule has 1 amide bonds. The topological polar surface area (TPSA) is 93.5 Å². The molecule has 0 aliphatic carbocycles. The molecule has 0 aliphatic heterocycles. The second-order valence-electron chi connectivity index (χ2n) is 8.07. The predicted octanol–water partition coefficient (Wildman–Crippen LogP) is 6.43. The van der Waals surface area contributed by atoms with Crippen LogP contribution >= 0.6 is 11.8 Å². The zero-order valence-electron chi connectivity index (χ0n) is 21.4. The van der Waals surface area contributed by atoms with Gasteiger partial charge in [-0.1, -0.05) is 42.1 Å². The molecule has 4 aromatic rings. The number of benzene rings is 3. The number of nitriles is 1. The van der Waals surface area contributed by atoms with Crippen LogP contribution in [0.1, 0.15) is 12.5 Å². The smallest absolute Gasteiger partial charge is 0.234 e. The first-order chi connectivity index (χ1) is 18.6.